The van der Waals surface area contributed by atoms with Crippen LogP contribution in [-0.2, 0) is 4.74 Å². The molecule has 1 N–H and O–H groups in total. The van der Waals surface area contributed by atoms with Gasteiger partial charge in [-0.2, -0.15) is 5.26 Å². The average molecular weight is 346 g/mol. The second kappa shape index (κ2) is 6.24. The summed E-state index contributed by atoms with van der Waals surface area (Å²) in [7, 11) is 0. The molecule has 0 spiro atoms. The number of nitrogens with zero attached hydrogens (tertiary/aromatic N) is 1. The third-order valence-electron chi connectivity index (χ3n) is 9.20. The van der Waals surface area contributed by atoms with Crippen molar-refractivity contribution in [3.63, 3.8) is 0 Å². The molecule has 4 saturated carbocycles. The van der Waals surface area contributed by atoms with Crippen LogP contribution in [0.2, 0.25) is 0 Å². The van der Waals surface area contributed by atoms with Gasteiger partial charge < -0.3 is 9.84 Å². The normalized spacial score (nSPS) is 54.9. The van der Waals surface area contributed by atoms with Gasteiger partial charge in [0.2, 0.25) is 0 Å². The summed E-state index contributed by atoms with van der Waals surface area (Å²) >= 11 is 0. The molecule has 0 aromatic rings. The molecule has 9 atom stereocenters. The predicted octanol–water partition coefficient (Wildman–Crippen LogP) is 4.54. The number of aliphatic hydroxyl groups is 1. The second-order valence-corrected chi connectivity index (χ2v) is 9.96. The summed E-state index contributed by atoms with van der Waals surface area (Å²) in [6.45, 7) is 7.65. The van der Waals surface area contributed by atoms with Gasteiger partial charge in [0.15, 0.2) is 0 Å². The molecule has 0 heterocycles. The van der Waals surface area contributed by atoms with Crippen molar-refractivity contribution in [3.8, 4) is 6.07 Å². The molecule has 0 aliphatic heterocycles. The molecule has 0 amide bonds. The summed E-state index contributed by atoms with van der Waals surface area (Å²) in [5, 5.41) is 20.2. The van der Waals surface area contributed by atoms with E-state index in [0.717, 1.165) is 37.0 Å². The van der Waals surface area contributed by atoms with E-state index in [0.29, 0.717) is 17.9 Å². The molecule has 0 bridgehead atoms. The number of nitriles is 1. The van der Waals surface area contributed by atoms with Gasteiger partial charge in [0.25, 0.3) is 0 Å². The van der Waals surface area contributed by atoms with Gasteiger partial charge in [-0.1, -0.05) is 13.8 Å². The number of hydrogen-bond donors (Lipinski definition) is 1. The van der Waals surface area contributed by atoms with Crippen LogP contribution in [-0.4, -0.2) is 23.9 Å². The van der Waals surface area contributed by atoms with E-state index in [4.69, 9.17) is 4.74 Å². The molecule has 0 aromatic heterocycles. The molecule has 140 valence electrons. The molecule has 3 nitrogen and oxygen atoms in total. The number of aliphatic hydroxyl groups excluding tert-OH is 1. The van der Waals surface area contributed by atoms with Gasteiger partial charge in [0.05, 0.1) is 24.2 Å². The quantitative estimate of drug-likeness (QED) is 0.799. The molecule has 4 fully saturated rings. The lowest BCUT2D eigenvalue weighted by atomic mass is 9.44. The summed E-state index contributed by atoms with van der Waals surface area (Å²) in [4.78, 5) is 0. The van der Waals surface area contributed by atoms with Gasteiger partial charge in [-0.15, -0.1) is 0 Å². The lowest BCUT2D eigenvalue weighted by Crippen LogP contribution is -2.57. The molecule has 0 radical (unpaired) electrons. The van der Waals surface area contributed by atoms with Crippen molar-refractivity contribution < 1.29 is 9.84 Å². The number of hydrogen-bond acceptors (Lipinski definition) is 3. The third kappa shape index (κ3) is 2.51. The van der Waals surface area contributed by atoms with Crippen molar-refractivity contribution in [3.05, 3.63) is 0 Å². The minimum atomic E-state index is -0.280. The Bertz CT molecular complexity index is 557. The van der Waals surface area contributed by atoms with E-state index in [9.17, 15) is 10.4 Å². The highest BCUT2D eigenvalue weighted by atomic mass is 16.5. The van der Waals surface area contributed by atoms with Crippen LogP contribution in [0.15, 0.2) is 0 Å². The third-order valence-corrected chi connectivity index (χ3v) is 9.20. The highest BCUT2D eigenvalue weighted by molar-refractivity contribution is 5.13. The molecule has 4 aliphatic carbocycles. The molecule has 1 unspecified atom stereocenters. The Morgan fingerprint density at radius 2 is 1.84 bits per heavy atom. The lowest BCUT2D eigenvalue weighted by Gasteiger charge is -2.61. The molecule has 25 heavy (non-hydrogen) atoms. The van der Waals surface area contributed by atoms with Crippen molar-refractivity contribution in [2.24, 2.45) is 40.4 Å². The largest absolute Gasteiger partial charge is 0.390 e. The summed E-state index contributed by atoms with van der Waals surface area (Å²) in [6.07, 6.45) is 9.14. The van der Waals surface area contributed by atoms with E-state index in [1.807, 2.05) is 6.92 Å². The van der Waals surface area contributed by atoms with E-state index in [2.05, 4.69) is 19.9 Å². The monoisotopic (exact) mass is 345 g/mol. The van der Waals surface area contributed by atoms with Crippen molar-refractivity contribution in [2.75, 3.05) is 6.61 Å². The highest BCUT2D eigenvalue weighted by Crippen LogP contribution is 2.67. The molecular weight excluding hydrogens is 310 g/mol. The Hall–Kier alpha value is -0.590. The molecule has 4 rings (SSSR count). The van der Waals surface area contributed by atoms with Gasteiger partial charge in [-0.3, -0.25) is 0 Å². The molecular formula is C22H35NO2. The zero-order chi connectivity index (χ0) is 17.8. The van der Waals surface area contributed by atoms with E-state index < -0.39 is 0 Å². The van der Waals surface area contributed by atoms with Gasteiger partial charge in [-0.25, -0.2) is 0 Å². The van der Waals surface area contributed by atoms with Crippen LogP contribution in [0.5, 0.6) is 0 Å². The van der Waals surface area contributed by atoms with Crippen molar-refractivity contribution in [1.82, 2.24) is 0 Å². The maximum absolute atomic E-state index is 10.5. The summed E-state index contributed by atoms with van der Waals surface area (Å²) < 4.78 is 5.94. The Morgan fingerprint density at radius 1 is 1.08 bits per heavy atom. The predicted molar refractivity (Wildman–Crippen MR) is 97.6 cm³/mol. The summed E-state index contributed by atoms with van der Waals surface area (Å²) in [5.41, 5.74) is 0.570. The smallest absolute Gasteiger partial charge is 0.0839 e. The number of ether oxygens (including phenoxy) is 1. The maximum Gasteiger partial charge on any atom is 0.0839 e. The van der Waals surface area contributed by atoms with Crippen LogP contribution in [0, 0.1) is 51.8 Å². The van der Waals surface area contributed by atoms with E-state index in [1.165, 1.54) is 32.1 Å². The van der Waals surface area contributed by atoms with Crippen molar-refractivity contribution in [1.29, 1.82) is 5.26 Å². The Morgan fingerprint density at radius 3 is 2.56 bits per heavy atom. The van der Waals surface area contributed by atoms with Crippen LogP contribution in [0.1, 0.15) is 72.1 Å². The molecule has 0 aromatic carbocycles. The zero-order valence-electron chi connectivity index (χ0n) is 16.2. The second-order valence-electron chi connectivity index (χ2n) is 9.96. The standard InChI is InChI=1S/C22H35NO2/c1-4-25-20-12-22(3)14(11-19(20)24)5-7-16-17-8-6-15(13-23)21(17,2)10-9-18(16)22/h14-20,24H,4-12H2,1-3H3/t14-,15?,16-,17-,18-,19-,20-,21+,22-/m0/s1. The lowest BCUT2D eigenvalue weighted by molar-refractivity contribution is -0.169. The van der Waals surface area contributed by atoms with Crippen LogP contribution in [0.25, 0.3) is 0 Å². The van der Waals surface area contributed by atoms with E-state index >= 15 is 0 Å². The zero-order valence-corrected chi connectivity index (χ0v) is 16.2. The fourth-order valence-corrected chi connectivity index (χ4v) is 7.85. The Kier molecular flexibility index (Phi) is 4.44. The number of rotatable bonds is 2. The van der Waals surface area contributed by atoms with Crippen molar-refractivity contribution >= 4 is 0 Å². The molecule has 3 heteroatoms. The first-order valence-corrected chi connectivity index (χ1v) is 10.6. The molecule has 4 aliphatic rings. The Labute approximate surface area is 153 Å². The maximum atomic E-state index is 10.5. The highest BCUT2D eigenvalue weighted by Gasteiger charge is 2.61. The van der Waals surface area contributed by atoms with Gasteiger partial charge in [-0.05, 0) is 92.8 Å². The Balaban J connectivity index is 1.60. The first-order valence-electron chi connectivity index (χ1n) is 10.6. The fraction of sp³-hybridized carbons (Fsp3) is 0.955. The average Bonchev–Trinajstić information content (AvgIpc) is 2.93. The fourth-order valence-electron chi connectivity index (χ4n) is 7.85. The summed E-state index contributed by atoms with van der Waals surface area (Å²) in [5.74, 6) is 3.21. The van der Waals surface area contributed by atoms with Crippen LogP contribution >= 0.6 is 0 Å². The number of fused-ring (bicyclic) bond motifs is 5. The van der Waals surface area contributed by atoms with E-state index in [-0.39, 0.29) is 23.5 Å². The minimum absolute atomic E-state index is 0.0220. The van der Waals surface area contributed by atoms with Gasteiger partial charge >= 0.3 is 0 Å². The van der Waals surface area contributed by atoms with Crippen LogP contribution in [0.4, 0.5) is 0 Å². The topological polar surface area (TPSA) is 53.2 Å². The first kappa shape index (κ1) is 17.8. The minimum Gasteiger partial charge on any atom is -0.390 e. The van der Waals surface area contributed by atoms with Crippen LogP contribution < -0.4 is 0 Å². The van der Waals surface area contributed by atoms with Gasteiger partial charge in [0, 0.05) is 6.61 Å². The van der Waals surface area contributed by atoms with E-state index in [1.54, 1.807) is 0 Å². The SMILES string of the molecule is CCO[C@H]1C[C@@]2(C)[C@@H](CC[C@@H]3[C@@H]2CC[C@]2(C)C(C#N)CC[C@@H]32)C[C@@H]1O. The molecule has 0 saturated heterocycles. The van der Waals surface area contributed by atoms with Crippen molar-refractivity contribution in [2.45, 2.75) is 84.3 Å². The van der Waals surface area contributed by atoms with Crippen LogP contribution in [0.3, 0.4) is 0 Å². The van der Waals surface area contributed by atoms with Gasteiger partial charge in [0.1, 0.15) is 0 Å². The first-order chi connectivity index (χ1) is 11.9. The summed E-state index contributed by atoms with van der Waals surface area (Å²) in [6, 6.07) is 2.64.